The molecule has 0 unspecified atom stereocenters. The van der Waals surface area contributed by atoms with Gasteiger partial charge in [0.1, 0.15) is 5.56 Å². The third kappa shape index (κ3) is 5.29. The summed E-state index contributed by atoms with van der Waals surface area (Å²) in [6, 6.07) is 9.75. The lowest BCUT2D eigenvalue weighted by Gasteiger charge is -2.25. The molecule has 0 saturated carbocycles. The molecule has 0 saturated heterocycles. The first kappa shape index (κ1) is 20.9. The molecule has 0 aliphatic carbocycles. The van der Waals surface area contributed by atoms with Crippen LogP contribution in [0.15, 0.2) is 42.5 Å². The van der Waals surface area contributed by atoms with Crippen LogP contribution in [-0.4, -0.2) is 49.6 Å². The molecule has 0 fully saturated rings. The smallest absolute Gasteiger partial charge is 0.330 e. The first-order valence-electron chi connectivity index (χ1n) is 8.54. The fourth-order valence-corrected chi connectivity index (χ4v) is 2.56. The van der Waals surface area contributed by atoms with Crippen molar-refractivity contribution < 1.29 is 23.8 Å². The molecular formula is C20H23N3O5. The molecule has 8 nitrogen and oxygen atoms in total. The molecule has 0 N–H and O–H groups in total. The highest BCUT2D eigenvalue weighted by atomic mass is 16.5. The summed E-state index contributed by atoms with van der Waals surface area (Å²) < 4.78 is 15.1. The third-order valence-corrected chi connectivity index (χ3v) is 3.86. The Labute approximate surface area is 163 Å². The molecule has 0 aliphatic rings. The molecule has 0 amide bonds. The van der Waals surface area contributed by atoms with Gasteiger partial charge in [0.25, 0.3) is 0 Å². The Bertz CT molecular complexity index is 852. The van der Waals surface area contributed by atoms with E-state index in [9.17, 15) is 9.59 Å². The van der Waals surface area contributed by atoms with Crippen LogP contribution in [-0.2, 0) is 16.1 Å². The van der Waals surface area contributed by atoms with Crippen molar-refractivity contribution in [2.75, 3.05) is 32.8 Å². The second-order valence-electron chi connectivity index (χ2n) is 5.77. The van der Waals surface area contributed by atoms with Crippen LogP contribution in [0.2, 0.25) is 0 Å². The predicted octanol–water partition coefficient (Wildman–Crippen LogP) is 2.43. The number of esters is 1. The lowest BCUT2D eigenvalue weighted by atomic mass is 10.1. The molecule has 28 heavy (non-hydrogen) atoms. The van der Waals surface area contributed by atoms with Crippen LogP contribution in [0.5, 0.6) is 11.9 Å². The number of hydrogen-bond acceptors (Lipinski definition) is 8. The number of ketones is 1. The molecule has 8 heteroatoms. The zero-order valence-electron chi connectivity index (χ0n) is 16.3. The molecule has 148 valence electrons. The van der Waals surface area contributed by atoms with E-state index in [1.54, 1.807) is 6.08 Å². The minimum atomic E-state index is -0.468. The molecule has 1 aromatic carbocycles. The Balaban J connectivity index is 2.52. The summed E-state index contributed by atoms with van der Waals surface area (Å²) in [5.74, 6) is -0.229. The highest BCUT2D eigenvalue weighted by molar-refractivity contribution is 6.01. The number of aromatic nitrogens is 2. The van der Waals surface area contributed by atoms with Crippen LogP contribution in [0.4, 0.5) is 5.82 Å². The van der Waals surface area contributed by atoms with E-state index in [1.165, 1.54) is 34.3 Å². The number of carbonyl (C=O) groups excluding carboxylic acids is 2. The first-order chi connectivity index (χ1) is 13.5. The van der Waals surface area contributed by atoms with E-state index in [4.69, 9.17) is 9.47 Å². The molecule has 0 radical (unpaired) electrons. The van der Waals surface area contributed by atoms with Crippen molar-refractivity contribution in [1.82, 2.24) is 9.97 Å². The van der Waals surface area contributed by atoms with Gasteiger partial charge in [0.05, 0.1) is 21.3 Å². The van der Waals surface area contributed by atoms with Gasteiger partial charge in [-0.3, -0.25) is 4.79 Å². The van der Waals surface area contributed by atoms with E-state index in [2.05, 4.69) is 14.7 Å². The van der Waals surface area contributed by atoms with E-state index >= 15 is 0 Å². The van der Waals surface area contributed by atoms with Crippen LogP contribution in [0, 0.1) is 0 Å². The number of Topliss-reactive ketones (excluding diaryl/α,β-unsaturated/α-hetero) is 1. The Morgan fingerprint density at radius 2 is 1.79 bits per heavy atom. The fraction of sp³-hybridized carbons (Fsp3) is 0.300. The van der Waals surface area contributed by atoms with Gasteiger partial charge in [-0.2, -0.15) is 9.97 Å². The van der Waals surface area contributed by atoms with E-state index in [1.807, 2.05) is 35.2 Å². The van der Waals surface area contributed by atoms with Crippen LogP contribution in [0.25, 0.3) is 0 Å². The van der Waals surface area contributed by atoms with Crippen LogP contribution < -0.4 is 14.4 Å². The summed E-state index contributed by atoms with van der Waals surface area (Å²) in [4.78, 5) is 34.0. The quantitative estimate of drug-likeness (QED) is 0.369. The number of methoxy groups -OCH3 is 3. The molecule has 1 aromatic heterocycles. The SMILES string of the molecule is COC(=O)/C=C/CN(Cc1ccccc1)c1nc(OC)nc(OC)c1C(C)=O. The normalized spacial score (nSPS) is 10.6. The second kappa shape index (κ2) is 10.1. The zero-order chi connectivity index (χ0) is 20.5. The average Bonchev–Trinajstić information content (AvgIpc) is 2.72. The van der Waals surface area contributed by atoms with Gasteiger partial charge in [0.15, 0.2) is 11.6 Å². The summed E-state index contributed by atoms with van der Waals surface area (Å²) in [5, 5.41) is 0. The zero-order valence-corrected chi connectivity index (χ0v) is 16.3. The summed E-state index contributed by atoms with van der Waals surface area (Å²) >= 11 is 0. The largest absolute Gasteiger partial charge is 0.480 e. The number of anilines is 1. The first-order valence-corrected chi connectivity index (χ1v) is 8.54. The minimum Gasteiger partial charge on any atom is -0.480 e. The lowest BCUT2D eigenvalue weighted by molar-refractivity contribution is -0.134. The summed E-state index contributed by atoms with van der Waals surface area (Å²) in [6.45, 7) is 2.16. The number of nitrogens with zero attached hydrogens (tertiary/aromatic N) is 3. The highest BCUT2D eigenvalue weighted by Crippen LogP contribution is 2.30. The molecule has 0 aliphatic heterocycles. The molecule has 1 heterocycles. The van der Waals surface area contributed by atoms with Gasteiger partial charge >= 0.3 is 12.0 Å². The van der Waals surface area contributed by atoms with Gasteiger partial charge in [0, 0.05) is 19.2 Å². The fourth-order valence-electron chi connectivity index (χ4n) is 2.56. The number of ether oxygens (including phenoxy) is 3. The Kier molecular flexibility index (Phi) is 7.50. The molecule has 0 bridgehead atoms. The maximum absolute atomic E-state index is 12.3. The maximum Gasteiger partial charge on any atom is 0.330 e. The third-order valence-electron chi connectivity index (χ3n) is 3.86. The molecule has 2 aromatic rings. The van der Waals surface area contributed by atoms with Crippen molar-refractivity contribution in [2.24, 2.45) is 0 Å². The molecule has 0 atom stereocenters. The monoisotopic (exact) mass is 385 g/mol. The number of carbonyl (C=O) groups is 2. The Morgan fingerprint density at radius 3 is 2.36 bits per heavy atom. The van der Waals surface area contributed by atoms with Crippen LogP contribution >= 0.6 is 0 Å². The van der Waals surface area contributed by atoms with Crippen molar-refractivity contribution in [2.45, 2.75) is 13.5 Å². The Hall–Kier alpha value is -3.42. The van der Waals surface area contributed by atoms with Crippen molar-refractivity contribution >= 4 is 17.6 Å². The van der Waals surface area contributed by atoms with E-state index in [0.717, 1.165) is 5.56 Å². The van der Waals surface area contributed by atoms with Gasteiger partial charge in [-0.15, -0.1) is 0 Å². The van der Waals surface area contributed by atoms with Crippen LogP contribution in [0.3, 0.4) is 0 Å². The van der Waals surface area contributed by atoms with Gasteiger partial charge in [-0.1, -0.05) is 36.4 Å². The predicted molar refractivity (Wildman–Crippen MR) is 104 cm³/mol. The maximum atomic E-state index is 12.3. The molecule has 0 spiro atoms. The average molecular weight is 385 g/mol. The lowest BCUT2D eigenvalue weighted by Crippen LogP contribution is -2.27. The summed E-state index contributed by atoms with van der Waals surface area (Å²) in [7, 11) is 4.17. The van der Waals surface area contributed by atoms with Crippen LogP contribution in [0.1, 0.15) is 22.8 Å². The number of benzene rings is 1. The Morgan fingerprint density at radius 1 is 1.07 bits per heavy atom. The molecule has 2 rings (SSSR count). The minimum absolute atomic E-state index is 0.0758. The van der Waals surface area contributed by atoms with Crippen molar-refractivity contribution in [3.63, 3.8) is 0 Å². The van der Waals surface area contributed by atoms with E-state index in [-0.39, 0.29) is 23.2 Å². The van der Waals surface area contributed by atoms with E-state index < -0.39 is 5.97 Å². The van der Waals surface area contributed by atoms with Crippen molar-refractivity contribution in [1.29, 1.82) is 0 Å². The topological polar surface area (TPSA) is 90.8 Å². The van der Waals surface area contributed by atoms with Gasteiger partial charge in [0.2, 0.25) is 5.88 Å². The van der Waals surface area contributed by atoms with Gasteiger partial charge in [-0.05, 0) is 12.5 Å². The summed E-state index contributed by atoms with van der Waals surface area (Å²) in [5.41, 5.74) is 1.24. The van der Waals surface area contributed by atoms with Gasteiger partial charge in [-0.25, -0.2) is 4.79 Å². The van der Waals surface area contributed by atoms with Crippen molar-refractivity contribution in [3.8, 4) is 11.9 Å². The number of hydrogen-bond donors (Lipinski definition) is 0. The number of rotatable bonds is 9. The second-order valence-corrected chi connectivity index (χ2v) is 5.77. The van der Waals surface area contributed by atoms with Crippen molar-refractivity contribution in [3.05, 3.63) is 53.6 Å². The summed E-state index contributed by atoms with van der Waals surface area (Å²) in [6.07, 6.45) is 2.96. The van der Waals surface area contributed by atoms with Gasteiger partial charge < -0.3 is 19.1 Å². The standard InChI is InChI=1S/C20H23N3O5/c1-14(24)17-18(21-20(28-4)22-19(17)27-3)23(12-8-11-16(25)26-2)13-15-9-6-5-7-10-15/h5-11H,12-13H2,1-4H3/b11-8+. The highest BCUT2D eigenvalue weighted by Gasteiger charge is 2.23. The molecular weight excluding hydrogens is 362 g/mol. The van der Waals surface area contributed by atoms with E-state index in [0.29, 0.717) is 18.9 Å².